The van der Waals surface area contributed by atoms with Crippen LogP contribution in [0.4, 0.5) is 14.6 Å². The van der Waals surface area contributed by atoms with Gasteiger partial charge in [-0.1, -0.05) is 24.3 Å². The van der Waals surface area contributed by atoms with Crippen LogP contribution in [0.1, 0.15) is 16.8 Å². The lowest BCUT2D eigenvalue weighted by atomic mass is 10.2. The number of hydrogen-bond donors (Lipinski definition) is 2. The minimum absolute atomic E-state index is 0.0551. The van der Waals surface area contributed by atoms with Crippen molar-refractivity contribution in [3.8, 4) is 5.69 Å². The summed E-state index contributed by atoms with van der Waals surface area (Å²) < 4.78 is 52.7. The Bertz CT molecular complexity index is 1270. The first-order chi connectivity index (χ1) is 14.7. The van der Waals surface area contributed by atoms with E-state index in [9.17, 15) is 26.8 Å². The Hall–Kier alpha value is -3.60. The summed E-state index contributed by atoms with van der Waals surface area (Å²) in [5.41, 5.74) is 0.751. The number of amides is 2. The molecule has 2 aromatic carbocycles. The fraction of sp³-hybridized carbons (Fsp3) is 0.150. The van der Waals surface area contributed by atoms with Gasteiger partial charge in [0.05, 0.1) is 22.9 Å². The molecule has 4 rings (SSSR count). The van der Waals surface area contributed by atoms with Gasteiger partial charge < -0.3 is 10.6 Å². The first-order valence-electron chi connectivity index (χ1n) is 9.14. The Balaban J connectivity index is 1.57. The number of halogens is 2. The van der Waals surface area contributed by atoms with E-state index in [2.05, 4.69) is 15.7 Å². The average Bonchev–Trinajstić information content (AvgIpc) is 3.20. The van der Waals surface area contributed by atoms with E-state index in [1.165, 1.54) is 10.7 Å². The van der Waals surface area contributed by atoms with Crippen LogP contribution in [0.25, 0.3) is 5.69 Å². The first-order valence-corrected chi connectivity index (χ1v) is 11.0. The van der Waals surface area contributed by atoms with E-state index >= 15 is 0 Å². The number of rotatable bonds is 4. The van der Waals surface area contributed by atoms with Crippen LogP contribution >= 0.6 is 0 Å². The van der Waals surface area contributed by atoms with Crippen molar-refractivity contribution < 1.29 is 26.8 Å². The van der Waals surface area contributed by atoms with Crippen molar-refractivity contribution in [1.82, 2.24) is 15.1 Å². The summed E-state index contributed by atoms with van der Waals surface area (Å²) in [6, 6.07) is 11.9. The van der Waals surface area contributed by atoms with Crippen molar-refractivity contribution in [3.63, 3.8) is 0 Å². The molecule has 1 aliphatic heterocycles. The topological polar surface area (TPSA) is 110 Å². The number of para-hydroxylation sites is 1. The van der Waals surface area contributed by atoms with E-state index in [1.807, 2.05) is 0 Å². The van der Waals surface area contributed by atoms with Crippen molar-refractivity contribution in [3.05, 3.63) is 77.0 Å². The van der Waals surface area contributed by atoms with Crippen molar-refractivity contribution in [2.75, 3.05) is 5.32 Å². The zero-order chi connectivity index (χ0) is 22.2. The zero-order valence-electron chi connectivity index (χ0n) is 15.9. The minimum Gasteiger partial charge on any atom is -0.344 e. The number of carbonyl (C=O) groups is 2. The largest absolute Gasteiger partial charge is 0.344 e. The van der Waals surface area contributed by atoms with Crippen LogP contribution in [0.15, 0.2) is 48.5 Å². The van der Waals surface area contributed by atoms with E-state index in [-0.39, 0.29) is 28.6 Å². The molecule has 0 radical (unpaired) electrons. The van der Waals surface area contributed by atoms with Crippen LogP contribution in [-0.4, -0.2) is 30.0 Å². The number of hydrogen-bond acceptors (Lipinski definition) is 5. The lowest BCUT2D eigenvalue weighted by Gasteiger charge is -2.11. The molecule has 0 spiro atoms. The third kappa shape index (κ3) is 4.17. The third-order valence-corrected chi connectivity index (χ3v) is 6.16. The van der Waals surface area contributed by atoms with Crippen LogP contribution in [0.5, 0.6) is 0 Å². The summed E-state index contributed by atoms with van der Waals surface area (Å²) in [4.78, 5) is 24.7. The predicted molar refractivity (Wildman–Crippen MR) is 107 cm³/mol. The molecule has 0 unspecified atom stereocenters. The molecule has 11 heteroatoms. The molecule has 0 atom stereocenters. The number of carbonyl (C=O) groups excluding carboxylic acids is 2. The number of anilines is 1. The number of nitrogens with one attached hydrogen (secondary N) is 2. The average molecular weight is 446 g/mol. The highest BCUT2D eigenvalue weighted by Crippen LogP contribution is 2.32. The molecule has 2 N–H and O–H groups in total. The quantitative estimate of drug-likeness (QED) is 0.595. The van der Waals surface area contributed by atoms with Crippen LogP contribution in [0.3, 0.4) is 0 Å². The van der Waals surface area contributed by atoms with Crippen LogP contribution in [0.2, 0.25) is 0 Å². The zero-order valence-corrected chi connectivity index (χ0v) is 16.7. The van der Waals surface area contributed by atoms with Crippen molar-refractivity contribution >= 4 is 27.5 Å². The monoisotopic (exact) mass is 446 g/mol. The second-order valence-electron chi connectivity index (χ2n) is 6.89. The Morgan fingerprint density at radius 1 is 0.968 bits per heavy atom. The SMILES string of the molecule is O=C(NCc1c(F)cccc1F)C(=O)Nc1c2c(nn1-c1ccccc1)CS(=O)(=O)C2. The molecule has 0 saturated carbocycles. The lowest BCUT2D eigenvalue weighted by molar-refractivity contribution is -0.136. The summed E-state index contributed by atoms with van der Waals surface area (Å²) in [6.45, 7) is -0.533. The third-order valence-electron chi connectivity index (χ3n) is 4.71. The van der Waals surface area contributed by atoms with Gasteiger partial charge in [-0.2, -0.15) is 5.10 Å². The maximum absolute atomic E-state index is 13.7. The molecule has 0 saturated heterocycles. The van der Waals surface area contributed by atoms with Gasteiger partial charge in [0.15, 0.2) is 9.84 Å². The van der Waals surface area contributed by atoms with Gasteiger partial charge >= 0.3 is 11.8 Å². The van der Waals surface area contributed by atoms with E-state index in [1.54, 1.807) is 30.3 Å². The summed E-state index contributed by atoms with van der Waals surface area (Å²) in [6.07, 6.45) is 0. The van der Waals surface area contributed by atoms with Gasteiger partial charge in [-0.25, -0.2) is 21.9 Å². The molecule has 3 aromatic rings. The maximum Gasteiger partial charge on any atom is 0.314 e. The van der Waals surface area contributed by atoms with Gasteiger partial charge in [-0.3, -0.25) is 9.59 Å². The molecule has 0 aliphatic carbocycles. The van der Waals surface area contributed by atoms with E-state index in [4.69, 9.17) is 0 Å². The van der Waals surface area contributed by atoms with Gasteiger partial charge in [0, 0.05) is 17.7 Å². The molecule has 31 heavy (non-hydrogen) atoms. The number of aromatic nitrogens is 2. The summed E-state index contributed by atoms with van der Waals surface area (Å²) >= 11 is 0. The van der Waals surface area contributed by atoms with Crippen molar-refractivity contribution in [2.45, 2.75) is 18.1 Å². The van der Waals surface area contributed by atoms with Gasteiger partial charge in [0.2, 0.25) is 0 Å². The number of nitrogens with zero attached hydrogens (tertiary/aromatic N) is 2. The van der Waals surface area contributed by atoms with E-state index < -0.39 is 39.8 Å². The second kappa shape index (κ2) is 7.91. The highest BCUT2D eigenvalue weighted by molar-refractivity contribution is 7.90. The van der Waals surface area contributed by atoms with Crippen molar-refractivity contribution in [1.29, 1.82) is 0 Å². The summed E-state index contributed by atoms with van der Waals surface area (Å²) in [5, 5.41) is 8.82. The second-order valence-corrected chi connectivity index (χ2v) is 8.95. The normalized spacial score (nSPS) is 14.1. The lowest BCUT2D eigenvalue weighted by Crippen LogP contribution is -2.36. The Kier molecular flexibility index (Phi) is 5.27. The van der Waals surface area contributed by atoms with Gasteiger partial charge in [-0.15, -0.1) is 0 Å². The fourth-order valence-corrected chi connectivity index (χ4v) is 4.74. The molecule has 1 aromatic heterocycles. The Labute approximate surface area is 175 Å². The molecule has 0 fully saturated rings. The molecule has 160 valence electrons. The minimum atomic E-state index is -3.41. The molecular formula is C20H16F2N4O4S. The highest BCUT2D eigenvalue weighted by atomic mass is 32.2. The molecular weight excluding hydrogens is 430 g/mol. The highest BCUT2D eigenvalue weighted by Gasteiger charge is 2.33. The Morgan fingerprint density at radius 3 is 2.32 bits per heavy atom. The smallest absolute Gasteiger partial charge is 0.314 e. The standard InChI is InChI=1S/C20H16F2N4O4S/c21-15-7-4-8-16(22)13(15)9-23-19(27)20(28)24-18-14-10-31(29,30)11-17(14)25-26(18)12-5-2-1-3-6-12/h1-8H,9-11H2,(H,23,27)(H,24,28). The Morgan fingerprint density at radius 2 is 1.65 bits per heavy atom. The molecule has 0 bridgehead atoms. The number of benzene rings is 2. The van der Waals surface area contributed by atoms with E-state index in [0.717, 1.165) is 12.1 Å². The molecule has 1 aliphatic rings. The van der Waals surface area contributed by atoms with Crippen LogP contribution < -0.4 is 10.6 Å². The molecule has 2 amide bonds. The number of sulfone groups is 1. The molecule has 2 heterocycles. The van der Waals surface area contributed by atoms with Crippen LogP contribution in [0, 0.1) is 11.6 Å². The van der Waals surface area contributed by atoms with E-state index in [0.29, 0.717) is 11.3 Å². The molecule has 8 nitrogen and oxygen atoms in total. The van der Waals surface area contributed by atoms with Crippen molar-refractivity contribution in [2.24, 2.45) is 0 Å². The maximum atomic E-state index is 13.7. The van der Waals surface area contributed by atoms with Gasteiger partial charge in [-0.05, 0) is 24.3 Å². The summed E-state index contributed by atoms with van der Waals surface area (Å²) in [7, 11) is -3.41. The van der Waals surface area contributed by atoms with Gasteiger partial charge in [0.1, 0.15) is 17.5 Å². The first kappa shape index (κ1) is 20.7. The predicted octanol–water partition coefficient (Wildman–Crippen LogP) is 1.83. The summed E-state index contributed by atoms with van der Waals surface area (Å²) in [5.74, 6) is -4.52. The van der Waals surface area contributed by atoms with Gasteiger partial charge in [0.25, 0.3) is 0 Å². The number of fused-ring (bicyclic) bond motifs is 1. The fourth-order valence-electron chi connectivity index (χ4n) is 3.24. The van der Waals surface area contributed by atoms with Crippen LogP contribution in [-0.2, 0) is 37.5 Å².